The fraction of sp³-hybridized carbons (Fsp3) is 0.733. The van der Waals surface area contributed by atoms with Crippen molar-refractivity contribution in [3.63, 3.8) is 0 Å². The molecule has 2 fully saturated rings. The quantitative estimate of drug-likeness (QED) is 0.333. The van der Waals surface area contributed by atoms with Gasteiger partial charge in [-0.05, 0) is 40.2 Å². The number of ketones is 1. The summed E-state index contributed by atoms with van der Waals surface area (Å²) in [5.74, 6) is -4.19. The molecule has 2 aliphatic rings. The highest BCUT2D eigenvalue weighted by molar-refractivity contribution is 6.12. The summed E-state index contributed by atoms with van der Waals surface area (Å²) >= 11 is 0. The maximum Gasteiger partial charge on any atom is 0.566 e. The first-order chi connectivity index (χ1) is 10.6. The third kappa shape index (κ3) is 3.34. The van der Waals surface area contributed by atoms with Gasteiger partial charge in [0.15, 0.2) is 11.7 Å². The van der Waals surface area contributed by atoms with Crippen LogP contribution in [0, 0.1) is 11.8 Å². The molecule has 0 aromatic rings. The number of hydrogen-bond acceptors (Lipinski definition) is 7. The fourth-order valence-corrected chi connectivity index (χ4v) is 2.86. The van der Waals surface area contributed by atoms with E-state index in [-0.39, 0.29) is 5.92 Å². The van der Waals surface area contributed by atoms with Crippen LogP contribution < -0.4 is 5.32 Å². The Morgan fingerprint density at radius 2 is 1.96 bits per heavy atom. The molecule has 2 aliphatic heterocycles. The number of hydrogen-bond donors (Lipinski definition) is 2. The van der Waals surface area contributed by atoms with Crippen LogP contribution >= 0.6 is 0 Å². The number of nitrogens with one attached hydrogen (secondary N) is 1. The van der Waals surface area contributed by atoms with E-state index in [1.165, 1.54) is 0 Å². The highest BCUT2D eigenvalue weighted by atomic mass is 16.7. The molecule has 0 aromatic carbocycles. The van der Waals surface area contributed by atoms with E-state index in [0.29, 0.717) is 13.0 Å². The second kappa shape index (κ2) is 6.10. The van der Waals surface area contributed by atoms with E-state index in [4.69, 9.17) is 4.74 Å². The topological polar surface area (TPSA) is 110 Å². The predicted molar refractivity (Wildman–Crippen MR) is 77.0 cm³/mol. The van der Waals surface area contributed by atoms with Crippen molar-refractivity contribution in [1.29, 1.82) is 0 Å². The van der Waals surface area contributed by atoms with Crippen molar-refractivity contribution in [1.82, 2.24) is 5.32 Å². The summed E-state index contributed by atoms with van der Waals surface area (Å²) in [4.78, 5) is 49.0. The number of carbonyl (C=O) groups excluding carboxylic acids is 4. The third-order valence-electron chi connectivity index (χ3n) is 4.06. The monoisotopic (exact) mass is 327 g/mol. The second-order valence-electron chi connectivity index (χ2n) is 7.05. The summed E-state index contributed by atoms with van der Waals surface area (Å²) in [6.45, 7) is 5.91. The van der Waals surface area contributed by atoms with Gasteiger partial charge in [0.05, 0.1) is 6.42 Å². The molecule has 3 atom stereocenters. The zero-order valence-electron chi connectivity index (χ0n) is 13.6. The maximum absolute atomic E-state index is 12.5. The Hall–Kier alpha value is -1.64. The molecule has 8 heteroatoms. The van der Waals surface area contributed by atoms with Gasteiger partial charge in [0.1, 0.15) is 5.60 Å². The molecule has 8 nitrogen and oxygen atoms in total. The van der Waals surface area contributed by atoms with Crippen molar-refractivity contribution in [3.8, 4) is 0 Å². The normalized spacial score (nSPS) is 32.0. The lowest BCUT2D eigenvalue weighted by Gasteiger charge is -2.24. The van der Waals surface area contributed by atoms with Crippen LogP contribution in [0.25, 0.3) is 0 Å². The van der Waals surface area contributed by atoms with E-state index in [1.54, 1.807) is 20.8 Å². The average Bonchev–Trinajstić information content (AvgIpc) is 2.71. The number of imide groups is 3. The van der Waals surface area contributed by atoms with Crippen LogP contribution in [0.5, 0.6) is 0 Å². The standard InChI is InChI=1S/C15H23N2O6/c1-15(2,3)23-14(21)17(22)11(18)7-10(13(17)20)12(19)9-5-4-6-16-8-9/h9-10,16,22H,4-8H2,1-3H3/q+1. The molecule has 3 amide bonds. The molecule has 3 unspecified atom stereocenters. The van der Waals surface area contributed by atoms with Crippen molar-refractivity contribution in [2.75, 3.05) is 13.1 Å². The van der Waals surface area contributed by atoms with E-state index in [0.717, 1.165) is 13.0 Å². The zero-order valence-corrected chi connectivity index (χ0v) is 13.6. The number of Topliss-reactive ketones (excluding diaryl/α,β-unsaturated/α-hetero) is 1. The first-order valence-corrected chi connectivity index (χ1v) is 7.75. The second-order valence-corrected chi connectivity index (χ2v) is 7.05. The number of rotatable bonds is 2. The summed E-state index contributed by atoms with van der Waals surface area (Å²) in [6, 6.07) is 0. The molecule has 23 heavy (non-hydrogen) atoms. The molecule has 0 aliphatic carbocycles. The van der Waals surface area contributed by atoms with E-state index >= 15 is 0 Å². The van der Waals surface area contributed by atoms with Crippen LogP contribution in [0.1, 0.15) is 40.0 Å². The first kappa shape index (κ1) is 17.7. The Labute approximate surface area is 134 Å². The van der Waals surface area contributed by atoms with E-state index in [2.05, 4.69) is 5.32 Å². The molecule has 0 bridgehead atoms. The minimum Gasteiger partial charge on any atom is -0.411 e. The lowest BCUT2D eigenvalue weighted by Crippen LogP contribution is -2.57. The van der Waals surface area contributed by atoms with Crippen LogP contribution in [0.4, 0.5) is 4.79 Å². The maximum atomic E-state index is 12.5. The summed E-state index contributed by atoms with van der Waals surface area (Å²) in [6.07, 6.45) is -0.397. The largest absolute Gasteiger partial charge is 0.566 e. The number of likely N-dealkylation sites (tertiary alicyclic amines) is 1. The van der Waals surface area contributed by atoms with Crippen molar-refractivity contribution in [2.45, 2.75) is 45.6 Å². The van der Waals surface area contributed by atoms with Crippen molar-refractivity contribution < 1.29 is 33.8 Å². The van der Waals surface area contributed by atoms with Gasteiger partial charge in [-0.25, -0.2) is 9.59 Å². The molecule has 0 radical (unpaired) electrons. The zero-order chi connectivity index (χ0) is 17.4. The van der Waals surface area contributed by atoms with Gasteiger partial charge in [0.25, 0.3) is 0 Å². The van der Waals surface area contributed by atoms with Gasteiger partial charge >= 0.3 is 17.9 Å². The Kier molecular flexibility index (Phi) is 4.70. The Morgan fingerprint density at radius 1 is 1.30 bits per heavy atom. The molecule has 0 saturated carbocycles. The van der Waals surface area contributed by atoms with Gasteiger partial charge in [-0.15, -0.1) is 0 Å². The Morgan fingerprint density at radius 3 is 2.48 bits per heavy atom. The number of carbonyl (C=O) groups is 4. The number of quaternary nitrogens is 1. The molecule has 0 aromatic heterocycles. The number of nitrogens with zero attached hydrogens (tertiary/aromatic N) is 1. The molecular weight excluding hydrogens is 304 g/mol. The van der Waals surface area contributed by atoms with Crippen LogP contribution in [-0.4, -0.2) is 52.2 Å². The molecule has 2 N–H and O–H groups in total. The number of piperidine rings is 1. The van der Waals surface area contributed by atoms with E-state index in [9.17, 15) is 24.4 Å². The van der Waals surface area contributed by atoms with E-state index < -0.39 is 46.3 Å². The van der Waals surface area contributed by atoms with Crippen LogP contribution in [0.15, 0.2) is 0 Å². The Bertz CT molecular complexity index is 547. The lowest BCUT2D eigenvalue weighted by molar-refractivity contribution is -0.909. The Balaban J connectivity index is 2.18. The number of hydroxylamine groups is 3. The van der Waals surface area contributed by atoms with E-state index in [1.807, 2.05) is 0 Å². The summed E-state index contributed by atoms with van der Waals surface area (Å²) in [5.41, 5.74) is -0.971. The molecule has 2 heterocycles. The smallest absolute Gasteiger partial charge is 0.411 e. The van der Waals surface area contributed by atoms with Gasteiger partial charge in [-0.1, -0.05) is 0 Å². The van der Waals surface area contributed by atoms with Crippen LogP contribution in [0.2, 0.25) is 0 Å². The first-order valence-electron chi connectivity index (χ1n) is 7.75. The fourth-order valence-electron chi connectivity index (χ4n) is 2.86. The van der Waals surface area contributed by atoms with Gasteiger partial charge in [-0.2, -0.15) is 10.0 Å². The van der Waals surface area contributed by atoms with Crippen LogP contribution in [-0.2, 0) is 19.1 Å². The molecular formula is C15H23N2O6+. The highest BCUT2D eigenvalue weighted by Gasteiger charge is 2.66. The van der Waals surface area contributed by atoms with Crippen LogP contribution in [0.3, 0.4) is 0 Å². The summed E-state index contributed by atoms with van der Waals surface area (Å²) < 4.78 is 2.88. The molecule has 2 rings (SSSR count). The minimum atomic E-state index is -2.08. The number of amides is 3. The summed E-state index contributed by atoms with van der Waals surface area (Å²) in [5, 5.41) is 13.3. The molecule has 0 spiro atoms. The predicted octanol–water partition coefficient (Wildman–Crippen LogP) is 0.769. The minimum absolute atomic E-state index is 0.379. The van der Waals surface area contributed by atoms with Gasteiger partial charge in [0.2, 0.25) is 0 Å². The van der Waals surface area contributed by atoms with Crippen molar-refractivity contribution in [2.24, 2.45) is 11.8 Å². The van der Waals surface area contributed by atoms with Gasteiger partial charge < -0.3 is 10.1 Å². The summed E-state index contributed by atoms with van der Waals surface area (Å²) in [7, 11) is 0. The SMILES string of the molecule is CC(C)(C)OC(=O)[N+]1(O)C(=O)CC(C(=O)C2CCCNC2)C1=O. The highest BCUT2D eigenvalue weighted by Crippen LogP contribution is 2.31. The molecule has 128 valence electrons. The van der Waals surface area contributed by atoms with Gasteiger partial charge in [-0.3, -0.25) is 4.79 Å². The third-order valence-corrected chi connectivity index (χ3v) is 4.06. The number of ether oxygens (including phenoxy) is 1. The lowest BCUT2D eigenvalue weighted by atomic mass is 9.86. The van der Waals surface area contributed by atoms with Crippen molar-refractivity contribution >= 4 is 23.7 Å². The van der Waals surface area contributed by atoms with Gasteiger partial charge in [0, 0.05) is 17.1 Å². The molecule has 2 saturated heterocycles. The average molecular weight is 327 g/mol. The van der Waals surface area contributed by atoms with Crippen molar-refractivity contribution in [3.05, 3.63) is 0 Å².